The second-order valence-corrected chi connectivity index (χ2v) is 10.8. The Morgan fingerprint density at radius 2 is 1.76 bits per heavy atom. The number of furan rings is 1. The van der Waals surface area contributed by atoms with E-state index in [1.54, 1.807) is 42.5 Å². The van der Waals surface area contributed by atoms with Crippen molar-refractivity contribution < 1.29 is 28.6 Å². The van der Waals surface area contributed by atoms with Gasteiger partial charge in [0, 0.05) is 37.3 Å². The first-order chi connectivity index (χ1) is 22.3. The molecule has 11 heteroatoms. The number of hydrogen-bond donors (Lipinski definition) is 3. The van der Waals surface area contributed by atoms with Gasteiger partial charge < -0.3 is 34.7 Å². The summed E-state index contributed by atoms with van der Waals surface area (Å²) in [5.74, 6) is 6.95. The fourth-order valence-corrected chi connectivity index (χ4v) is 5.46. The van der Waals surface area contributed by atoms with Gasteiger partial charge in [-0.1, -0.05) is 48.2 Å². The Morgan fingerprint density at radius 1 is 1.00 bits per heavy atom. The quantitative estimate of drug-likeness (QED) is 0.233. The second-order valence-electron chi connectivity index (χ2n) is 10.8. The van der Waals surface area contributed by atoms with Crippen LogP contribution >= 0.6 is 0 Å². The molecular weight excluding hydrogens is 586 g/mol. The van der Waals surface area contributed by atoms with Crippen LogP contribution < -0.4 is 20.3 Å². The second kappa shape index (κ2) is 12.9. The van der Waals surface area contributed by atoms with Crippen LogP contribution in [0.25, 0.3) is 6.08 Å². The molecule has 1 fully saturated rings. The van der Waals surface area contributed by atoms with E-state index in [0.717, 1.165) is 11.3 Å². The molecule has 2 aliphatic rings. The average molecular weight is 618 g/mol. The standard InChI is InChI=1S/C35H31N5O6/c1-22-25-14-11-23(26-7-4-6-10-29(26)45-2)12-15-30(25)46-32(22)33(41)37-24-13-16-31(36-21-24)39-17-19-40(20-18-39)35(44)38-28-9-5-3-8-27(28)34(42)43/h3-10,12-13,15-16,21,23H,17-20H2,1-2H3,(H,37,41)(H,38,44)(H,42,43). The van der Waals surface area contributed by atoms with Crippen LogP contribution in [0.1, 0.15) is 49.3 Å². The number of rotatable bonds is 7. The monoisotopic (exact) mass is 617 g/mol. The maximum absolute atomic E-state index is 13.2. The average Bonchev–Trinajstić information content (AvgIpc) is 3.25. The number of pyridine rings is 1. The highest BCUT2D eigenvalue weighted by molar-refractivity contribution is 6.04. The Morgan fingerprint density at radius 3 is 2.50 bits per heavy atom. The van der Waals surface area contributed by atoms with E-state index in [9.17, 15) is 19.5 Å². The fraction of sp³-hybridized carbons (Fsp3) is 0.200. The van der Waals surface area contributed by atoms with E-state index in [0.29, 0.717) is 54.6 Å². The smallest absolute Gasteiger partial charge is 0.337 e. The molecule has 0 spiro atoms. The number of carboxylic acids is 1. The van der Waals surface area contributed by atoms with Crippen molar-refractivity contribution in [2.75, 3.05) is 48.8 Å². The number of carboxylic acid groups (broad SMARTS) is 1. The Hall–Kier alpha value is -6.02. The van der Waals surface area contributed by atoms with Gasteiger partial charge in [-0.25, -0.2) is 14.6 Å². The number of nitrogens with one attached hydrogen (secondary N) is 2. The molecule has 2 aromatic heterocycles. The molecule has 232 valence electrons. The number of hydrogen-bond acceptors (Lipinski definition) is 7. The van der Waals surface area contributed by atoms with E-state index in [4.69, 9.17) is 9.15 Å². The van der Waals surface area contributed by atoms with Crippen LogP contribution in [0, 0.1) is 18.8 Å². The van der Waals surface area contributed by atoms with Gasteiger partial charge in [-0.05, 0) is 43.3 Å². The lowest BCUT2D eigenvalue weighted by Gasteiger charge is -2.35. The van der Waals surface area contributed by atoms with Crippen LogP contribution in [-0.2, 0) is 0 Å². The zero-order valence-electron chi connectivity index (χ0n) is 25.2. The normalized spacial score (nSPS) is 15.2. The summed E-state index contributed by atoms with van der Waals surface area (Å²) in [7, 11) is 1.63. The minimum Gasteiger partial charge on any atom is -0.496 e. The van der Waals surface area contributed by atoms with E-state index < -0.39 is 11.9 Å². The molecule has 4 aromatic rings. The van der Waals surface area contributed by atoms with Gasteiger partial charge in [0.05, 0.1) is 41.7 Å². The van der Waals surface area contributed by atoms with Crippen molar-refractivity contribution in [3.8, 4) is 17.6 Å². The minimum absolute atomic E-state index is 0.0342. The fourth-order valence-electron chi connectivity index (χ4n) is 5.46. The van der Waals surface area contributed by atoms with Gasteiger partial charge >= 0.3 is 12.0 Å². The highest BCUT2D eigenvalue weighted by atomic mass is 16.5. The number of para-hydroxylation sites is 2. The van der Waals surface area contributed by atoms with E-state index in [2.05, 4.69) is 27.5 Å². The molecule has 0 saturated carbocycles. The van der Waals surface area contributed by atoms with Crippen molar-refractivity contribution >= 4 is 41.2 Å². The summed E-state index contributed by atoms with van der Waals surface area (Å²) in [6.45, 7) is 3.75. The van der Waals surface area contributed by atoms with Crippen LogP contribution in [0.4, 0.5) is 22.0 Å². The van der Waals surface area contributed by atoms with Crippen LogP contribution in [0.2, 0.25) is 0 Å². The number of fused-ring (bicyclic) bond motifs is 1. The molecule has 1 aliphatic heterocycles. The van der Waals surface area contributed by atoms with E-state index >= 15 is 0 Å². The molecule has 1 saturated heterocycles. The van der Waals surface area contributed by atoms with Crippen LogP contribution in [0.15, 0.2) is 77.4 Å². The minimum atomic E-state index is -1.11. The molecule has 1 atom stereocenters. The summed E-state index contributed by atoms with van der Waals surface area (Å²) in [4.78, 5) is 45.6. The Kier molecular flexibility index (Phi) is 8.43. The molecule has 6 rings (SSSR count). The first kappa shape index (κ1) is 30.0. The van der Waals surface area contributed by atoms with Crippen molar-refractivity contribution in [2.24, 2.45) is 0 Å². The summed E-state index contributed by atoms with van der Waals surface area (Å²) in [6.07, 6.45) is 5.35. The molecule has 11 nitrogen and oxygen atoms in total. The number of piperazine rings is 1. The van der Waals surface area contributed by atoms with Gasteiger partial charge in [0.25, 0.3) is 5.91 Å². The molecule has 1 unspecified atom stereocenters. The number of amides is 3. The lowest BCUT2D eigenvalue weighted by Crippen LogP contribution is -2.50. The third kappa shape index (κ3) is 6.14. The molecule has 3 amide bonds. The number of ether oxygens (including phenoxy) is 1. The van der Waals surface area contributed by atoms with Gasteiger partial charge in [0.1, 0.15) is 17.3 Å². The van der Waals surface area contributed by atoms with Crippen molar-refractivity contribution in [3.63, 3.8) is 0 Å². The van der Waals surface area contributed by atoms with E-state index in [1.807, 2.05) is 54.3 Å². The predicted molar refractivity (Wildman–Crippen MR) is 173 cm³/mol. The molecule has 2 aromatic carbocycles. The summed E-state index contributed by atoms with van der Waals surface area (Å²) >= 11 is 0. The lowest BCUT2D eigenvalue weighted by atomic mass is 9.98. The molecule has 0 bridgehead atoms. The number of aromatic carboxylic acids is 1. The number of carbonyl (C=O) groups is 3. The van der Waals surface area contributed by atoms with Gasteiger partial charge in [0.2, 0.25) is 0 Å². The van der Waals surface area contributed by atoms with Crippen LogP contribution in [0.3, 0.4) is 0 Å². The molecular formula is C35H31N5O6. The lowest BCUT2D eigenvalue weighted by molar-refractivity contribution is 0.0697. The largest absolute Gasteiger partial charge is 0.496 e. The zero-order valence-corrected chi connectivity index (χ0v) is 25.2. The Bertz CT molecular complexity index is 1890. The molecule has 46 heavy (non-hydrogen) atoms. The highest BCUT2D eigenvalue weighted by Gasteiger charge is 2.25. The number of carbonyl (C=O) groups excluding carboxylic acids is 2. The van der Waals surface area contributed by atoms with E-state index in [1.165, 1.54) is 6.07 Å². The number of nitrogens with zero attached hydrogens (tertiary/aromatic N) is 3. The first-order valence-electron chi connectivity index (χ1n) is 14.7. The summed E-state index contributed by atoms with van der Waals surface area (Å²) in [5.41, 5.74) is 3.08. The number of methoxy groups -OCH3 is 1. The number of benzene rings is 2. The highest BCUT2D eigenvalue weighted by Crippen LogP contribution is 2.32. The van der Waals surface area contributed by atoms with Gasteiger partial charge in [-0.3, -0.25) is 4.79 Å². The number of urea groups is 1. The summed E-state index contributed by atoms with van der Waals surface area (Å²) in [5, 5.41) is 14.9. The Balaban J connectivity index is 1.06. The van der Waals surface area contributed by atoms with Crippen LogP contribution in [0.5, 0.6) is 5.75 Å². The molecule has 3 N–H and O–H groups in total. The molecule has 1 aliphatic carbocycles. The van der Waals surface area contributed by atoms with Crippen molar-refractivity contribution in [1.82, 2.24) is 9.88 Å². The van der Waals surface area contributed by atoms with Gasteiger partial charge in [0.15, 0.2) is 5.76 Å². The first-order valence-corrected chi connectivity index (χ1v) is 14.7. The topological polar surface area (TPSA) is 137 Å². The van der Waals surface area contributed by atoms with Crippen molar-refractivity contribution in [3.05, 3.63) is 107 Å². The molecule has 3 heterocycles. The number of aromatic nitrogens is 1. The van der Waals surface area contributed by atoms with Gasteiger partial charge in [-0.15, -0.1) is 0 Å². The zero-order chi connectivity index (χ0) is 32.2. The molecule has 0 radical (unpaired) electrons. The van der Waals surface area contributed by atoms with Crippen LogP contribution in [-0.4, -0.2) is 66.2 Å². The number of allylic oxidation sites excluding steroid dienone is 1. The van der Waals surface area contributed by atoms with Crippen molar-refractivity contribution in [2.45, 2.75) is 12.8 Å². The summed E-state index contributed by atoms with van der Waals surface area (Å²) in [6, 6.07) is 17.2. The van der Waals surface area contributed by atoms with Gasteiger partial charge in [-0.2, -0.15) is 0 Å². The summed E-state index contributed by atoms with van der Waals surface area (Å²) < 4.78 is 11.5. The van der Waals surface area contributed by atoms with E-state index in [-0.39, 0.29) is 29.0 Å². The van der Waals surface area contributed by atoms with Crippen molar-refractivity contribution in [1.29, 1.82) is 0 Å². The third-order valence-corrected chi connectivity index (χ3v) is 7.94. The third-order valence-electron chi connectivity index (χ3n) is 7.94. The maximum Gasteiger partial charge on any atom is 0.337 e. The Labute approximate surface area is 265 Å². The maximum atomic E-state index is 13.2. The predicted octanol–water partition coefficient (Wildman–Crippen LogP) is 5.46. The number of anilines is 3. The SMILES string of the molecule is COc1ccccc1C1C#Cc2c(oc(C(=O)Nc3ccc(N4CCN(C(=O)Nc5ccccc5C(=O)O)CC4)nc3)c2C)C=C1.